The summed E-state index contributed by atoms with van der Waals surface area (Å²) in [5.74, 6) is -0.695. The molecule has 4 rings (SSSR count). The van der Waals surface area contributed by atoms with Gasteiger partial charge in [0.2, 0.25) is 11.8 Å². The average Bonchev–Trinajstić information content (AvgIpc) is 2.96. The lowest BCUT2D eigenvalue weighted by atomic mass is 9.95. The number of hydrogen-bond donors (Lipinski definition) is 1. The molecular weight excluding hydrogens is 578 g/mol. The molecule has 0 aliphatic heterocycles. The molecule has 206 valence electrons. The van der Waals surface area contributed by atoms with Gasteiger partial charge < -0.3 is 10.2 Å². The van der Waals surface area contributed by atoms with Gasteiger partial charge in [0, 0.05) is 17.1 Å². The van der Waals surface area contributed by atoms with E-state index in [2.05, 4.69) is 21.2 Å². The minimum Gasteiger partial charge on any atom is -0.352 e. The summed E-state index contributed by atoms with van der Waals surface area (Å²) >= 11 is 3.39. The third-order valence-electron chi connectivity index (χ3n) is 7.04. The monoisotopic (exact) mass is 611 g/mol. The number of nitrogens with zero attached hydrogens (tertiary/aromatic N) is 2. The second kappa shape index (κ2) is 13.3. The predicted molar refractivity (Wildman–Crippen MR) is 157 cm³/mol. The summed E-state index contributed by atoms with van der Waals surface area (Å²) in [6.07, 6.45) is 5.18. The van der Waals surface area contributed by atoms with Gasteiger partial charge in [0.15, 0.2) is 0 Å². The molecule has 1 N–H and O–H groups in total. The Morgan fingerprint density at radius 1 is 0.897 bits per heavy atom. The molecule has 0 bridgehead atoms. The Bertz CT molecular complexity index is 1350. The van der Waals surface area contributed by atoms with E-state index in [1.165, 1.54) is 23.5 Å². The number of carbonyl (C=O) groups excluding carboxylic acids is 2. The van der Waals surface area contributed by atoms with E-state index in [0.717, 1.165) is 40.0 Å². The molecule has 0 heterocycles. The van der Waals surface area contributed by atoms with Crippen LogP contribution in [0, 0.1) is 0 Å². The summed E-state index contributed by atoms with van der Waals surface area (Å²) in [5, 5.41) is 3.12. The van der Waals surface area contributed by atoms with Crippen molar-refractivity contribution in [1.29, 1.82) is 0 Å². The zero-order valence-electron chi connectivity index (χ0n) is 22.0. The Labute approximate surface area is 239 Å². The third kappa shape index (κ3) is 7.48. The number of hydrogen-bond acceptors (Lipinski definition) is 4. The van der Waals surface area contributed by atoms with Gasteiger partial charge in [-0.1, -0.05) is 83.7 Å². The van der Waals surface area contributed by atoms with Crippen LogP contribution >= 0.6 is 15.9 Å². The molecule has 1 atom stereocenters. The third-order valence-corrected chi connectivity index (χ3v) is 9.36. The molecule has 1 saturated carbocycles. The van der Waals surface area contributed by atoms with Crippen molar-refractivity contribution < 1.29 is 18.0 Å². The van der Waals surface area contributed by atoms with E-state index < -0.39 is 28.5 Å². The van der Waals surface area contributed by atoms with Crippen LogP contribution in [0.3, 0.4) is 0 Å². The lowest BCUT2D eigenvalue weighted by Crippen LogP contribution is -2.53. The number of amides is 2. The van der Waals surface area contributed by atoms with Crippen LogP contribution in [0.4, 0.5) is 5.69 Å². The standard InChI is InChI=1S/C30H34BrN3O4S/c1-23(30(36)32-26-13-7-3-8-14-26)33(21-24-11-5-2-6-12-24)29(35)22-34(27-19-17-25(31)18-20-27)39(37,38)28-15-9-4-10-16-28/h2,4-6,9-12,15-20,23,26H,3,7-8,13-14,21-22H2,1H3,(H,32,36)/t23-/m0/s1. The van der Waals surface area contributed by atoms with Gasteiger partial charge >= 0.3 is 0 Å². The zero-order valence-corrected chi connectivity index (χ0v) is 24.4. The van der Waals surface area contributed by atoms with Crippen molar-refractivity contribution in [2.45, 2.75) is 62.6 Å². The van der Waals surface area contributed by atoms with Crippen LogP contribution in [-0.2, 0) is 26.2 Å². The van der Waals surface area contributed by atoms with Crippen molar-refractivity contribution >= 4 is 43.5 Å². The van der Waals surface area contributed by atoms with Crippen molar-refractivity contribution in [3.8, 4) is 0 Å². The molecule has 1 fully saturated rings. The molecule has 3 aromatic rings. The topological polar surface area (TPSA) is 86.8 Å². The summed E-state index contributed by atoms with van der Waals surface area (Å²) in [6.45, 7) is 1.43. The van der Waals surface area contributed by atoms with Crippen LogP contribution < -0.4 is 9.62 Å². The minimum atomic E-state index is -4.07. The van der Waals surface area contributed by atoms with Gasteiger partial charge in [-0.15, -0.1) is 0 Å². The Balaban J connectivity index is 1.64. The van der Waals surface area contributed by atoms with E-state index >= 15 is 0 Å². The highest BCUT2D eigenvalue weighted by atomic mass is 79.9. The minimum absolute atomic E-state index is 0.0819. The Morgan fingerprint density at radius 3 is 2.10 bits per heavy atom. The maximum Gasteiger partial charge on any atom is 0.264 e. The predicted octanol–water partition coefficient (Wildman–Crippen LogP) is 5.51. The molecule has 7 nitrogen and oxygen atoms in total. The number of halogens is 1. The fraction of sp³-hybridized carbons (Fsp3) is 0.333. The molecule has 2 amide bonds. The van der Waals surface area contributed by atoms with Crippen LogP contribution in [0.1, 0.15) is 44.6 Å². The van der Waals surface area contributed by atoms with E-state index in [1.54, 1.807) is 49.4 Å². The molecule has 0 saturated heterocycles. The van der Waals surface area contributed by atoms with Crippen LogP contribution in [0.15, 0.2) is 94.3 Å². The summed E-state index contributed by atoms with van der Waals surface area (Å²) in [5.41, 5.74) is 1.21. The summed E-state index contributed by atoms with van der Waals surface area (Å²) in [7, 11) is -4.07. The van der Waals surface area contributed by atoms with Crippen molar-refractivity contribution in [3.05, 3.63) is 95.0 Å². The second-order valence-corrected chi connectivity index (χ2v) is 12.6. The normalized spacial score (nSPS) is 14.8. The molecular formula is C30H34BrN3O4S. The van der Waals surface area contributed by atoms with Gasteiger partial charge in [-0.05, 0) is 61.7 Å². The van der Waals surface area contributed by atoms with Gasteiger partial charge in [0.05, 0.1) is 10.6 Å². The van der Waals surface area contributed by atoms with Crippen LogP contribution in [0.5, 0.6) is 0 Å². The molecule has 0 aromatic heterocycles. The van der Waals surface area contributed by atoms with Crippen LogP contribution in [0.25, 0.3) is 0 Å². The van der Waals surface area contributed by atoms with Crippen molar-refractivity contribution in [3.63, 3.8) is 0 Å². The highest BCUT2D eigenvalue weighted by Gasteiger charge is 2.33. The molecule has 9 heteroatoms. The number of rotatable bonds is 10. The van der Waals surface area contributed by atoms with Gasteiger partial charge in [-0.3, -0.25) is 13.9 Å². The smallest absolute Gasteiger partial charge is 0.264 e. The number of anilines is 1. The van der Waals surface area contributed by atoms with E-state index in [-0.39, 0.29) is 23.4 Å². The number of benzene rings is 3. The lowest BCUT2D eigenvalue weighted by molar-refractivity contribution is -0.139. The van der Waals surface area contributed by atoms with E-state index in [9.17, 15) is 18.0 Å². The lowest BCUT2D eigenvalue weighted by Gasteiger charge is -2.33. The van der Waals surface area contributed by atoms with Gasteiger partial charge in [-0.2, -0.15) is 0 Å². The molecule has 1 aliphatic rings. The molecule has 0 unspecified atom stereocenters. The Hall–Kier alpha value is -3.17. The quantitative estimate of drug-likeness (QED) is 0.327. The molecule has 39 heavy (non-hydrogen) atoms. The molecule has 3 aromatic carbocycles. The SMILES string of the molecule is C[C@@H](C(=O)NC1CCCCC1)N(Cc1ccccc1)C(=O)CN(c1ccc(Br)cc1)S(=O)(=O)c1ccccc1. The second-order valence-electron chi connectivity index (χ2n) is 9.83. The Morgan fingerprint density at radius 2 is 1.49 bits per heavy atom. The first-order valence-electron chi connectivity index (χ1n) is 13.2. The van der Waals surface area contributed by atoms with Crippen molar-refractivity contribution in [1.82, 2.24) is 10.2 Å². The summed E-state index contributed by atoms with van der Waals surface area (Å²) in [4.78, 5) is 28.8. The van der Waals surface area contributed by atoms with Crippen molar-refractivity contribution in [2.75, 3.05) is 10.8 Å². The maximum atomic E-state index is 13.9. The van der Waals surface area contributed by atoms with E-state index in [0.29, 0.717) is 5.69 Å². The first-order chi connectivity index (χ1) is 18.8. The number of nitrogens with one attached hydrogen (secondary N) is 1. The van der Waals surface area contributed by atoms with Crippen LogP contribution in [-0.4, -0.2) is 43.8 Å². The average molecular weight is 613 g/mol. The fourth-order valence-corrected chi connectivity index (χ4v) is 6.49. The molecule has 0 radical (unpaired) electrons. The van der Waals surface area contributed by atoms with E-state index in [1.807, 2.05) is 30.3 Å². The van der Waals surface area contributed by atoms with Crippen LogP contribution in [0.2, 0.25) is 0 Å². The highest BCUT2D eigenvalue weighted by molar-refractivity contribution is 9.10. The molecule has 0 spiro atoms. The highest BCUT2D eigenvalue weighted by Crippen LogP contribution is 2.26. The largest absolute Gasteiger partial charge is 0.352 e. The van der Waals surface area contributed by atoms with Gasteiger partial charge in [0.1, 0.15) is 12.6 Å². The Kier molecular flexibility index (Phi) is 9.80. The first kappa shape index (κ1) is 28.8. The van der Waals surface area contributed by atoms with Crippen molar-refractivity contribution in [2.24, 2.45) is 0 Å². The number of sulfonamides is 1. The summed E-state index contributed by atoms with van der Waals surface area (Å²) < 4.78 is 29.4. The fourth-order valence-electron chi connectivity index (χ4n) is 4.79. The maximum absolute atomic E-state index is 13.9. The van der Waals surface area contributed by atoms with Gasteiger partial charge in [0.25, 0.3) is 10.0 Å². The number of carbonyl (C=O) groups is 2. The zero-order chi connectivity index (χ0) is 27.8. The van der Waals surface area contributed by atoms with Gasteiger partial charge in [-0.25, -0.2) is 8.42 Å². The summed E-state index contributed by atoms with van der Waals surface area (Å²) in [6, 6.07) is 23.5. The van der Waals surface area contributed by atoms with E-state index in [4.69, 9.17) is 0 Å². The first-order valence-corrected chi connectivity index (χ1v) is 15.5. The molecule has 1 aliphatic carbocycles.